The quantitative estimate of drug-likeness (QED) is 0.767. The van der Waals surface area contributed by atoms with E-state index in [4.69, 9.17) is 4.74 Å². The molecule has 1 aliphatic heterocycles. The molecule has 7 heteroatoms. The number of hydrogen-bond acceptors (Lipinski definition) is 5. The summed E-state index contributed by atoms with van der Waals surface area (Å²) in [5.74, 6) is -1.18. The van der Waals surface area contributed by atoms with Crippen molar-refractivity contribution in [1.29, 1.82) is 0 Å². The van der Waals surface area contributed by atoms with Crippen LogP contribution in [0.25, 0.3) is 0 Å². The van der Waals surface area contributed by atoms with Crippen LogP contribution < -0.4 is 4.90 Å². The van der Waals surface area contributed by atoms with E-state index in [0.717, 1.165) is 38.1 Å². The monoisotopic (exact) mass is 361 g/mol. The average molecular weight is 361 g/mol. The number of carbonyl (C=O) groups excluding carboxylic acids is 1. The SMILES string of the molecule is CCOC(=O)c1ccc(N2CCN(Cc3cccc(F)c3F)CC2)nc1. The predicted molar refractivity (Wildman–Crippen MR) is 94.0 cm³/mol. The number of halogens is 2. The van der Waals surface area contributed by atoms with Crippen LogP contribution in [0.5, 0.6) is 0 Å². The number of pyridine rings is 1. The highest BCUT2D eigenvalue weighted by Crippen LogP contribution is 2.18. The highest BCUT2D eigenvalue weighted by Gasteiger charge is 2.20. The summed E-state index contributed by atoms with van der Waals surface area (Å²) < 4.78 is 32.1. The Morgan fingerprint density at radius 2 is 1.92 bits per heavy atom. The Bertz CT molecular complexity index is 760. The second-order valence-electron chi connectivity index (χ2n) is 6.10. The molecule has 26 heavy (non-hydrogen) atoms. The molecule has 0 atom stereocenters. The molecule has 1 aromatic heterocycles. The van der Waals surface area contributed by atoms with Crippen molar-refractivity contribution in [1.82, 2.24) is 9.88 Å². The van der Waals surface area contributed by atoms with Gasteiger partial charge in [0.2, 0.25) is 0 Å². The standard InChI is InChI=1S/C19H21F2N3O2/c1-2-26-19(25)14-6-7-17(22-12-14)24-10-8-23(9-11-24)13-15-4-3-5-16(20)18(15)21/h3-7,12H,2,8-11,13H2,1H3. The first kappa shape index (κ1) is 18.3. The molecular formula is C19H21F2N3O2. The van der Waals surface area contributed by atoms with Gasteiger partial charge in [-0.3, -0.25) is 4.90 Å². The fourth-order valence-electron chi connectivity index (χ4n) is 2.95. The summed E-state index contributed by atoms with van der Waals surface area (Å²) in [7, 11) is 0. The van der Waals surface area contributed by atoms with E-state index in [2.05, 4.69) is 14.8 Å². The molecule has 0 N–H and O–H groups in total. The summed E-state index contributed by atoms with van der Waals surface area (Å²) in [6.07, 6.45) is 1.52. The van der Waals surface area contributed by atoms with E-state index in [1.807, 2.05) is 0 Å². The van der Waals surface area contributed by atoms with Gasteiger partial charge in [-0.25, -0.2) is 18.6 Å². The third kappa shape index (κ3) is 4.16. The zero-order valence-corrected chi connectivity index (χ0v) is 14.6. The molecule has 2 aromatic rings. The molecule has 3 rings (SSSR count). The largest absolute Gasteiger partial charge is 0.462 e. The van der Waals surface area contributed by atoms with Crippen LogP contribution in [0.3, 0.4) is 0 Å². The third-order valence-corrected chi connectivity index (χ3v) is 4.38. The molecule has 1 aliphatic rings. The van der Waals surface area contributed by atoms with Crippen molar-refractivity contribution in [3.8, 4) is 0 Å². The molecular weight excluding hydrogens is 340 g/mol. The number of anilines is 1. The Hall–Kier alpha value is -2.54. The summed E-state index contributed by atoms with van der Waals surface area (Å²) in [5.41, 5.74) is 0.797. The average Bonchev–Trinajstić information content (AvgIpc) is 2.66. The first-order valence-corrected chi connectivity index (χ1v) is 8.62. The molecule has 0 amide bonds. The molecule has 0 bridgehead atoms. The summed E-state index contributed by atoms with van der Waals surface area (Å²) in [5, 5.41) is 0. The fourth-order valence-corrected chi connectivity index (χ4v) is 2.95. The van der Waals surface area contributed by atoms with Gasteiger partial charge in [0.15, 0.2) is 11.6 Å². The van der Waals surface area contributed by atoms with E-state index in [1.54, 1.807) is 25.1 Å². The van der Waals surface area contributed by atoms with Gasteiger partial charge in [-0.1, -0.05) is 12.1 Å². The molecule has 1 fully saturated rings. The highest BCUT2D eigenvalue weighted by atomic mass is 19.2. The van der Waals surface area contributed by atoms with Crippen molar-refractivity contribution in [2.24, 2.45) is 0 Å². The maximum absolute atomic E-state index is 13.8. The summed E-state index contributed by atoms with van der Waals surface area (Å²) in [4.78, 5) is 20.2. The fraction of sp³-hybridized carbons (Fsp3) is 0.368. The molecule has 5 nitrogen and oxygen atoms in total. The minimum Gasteiger partial charge on any atom is -0.462 e. The predicted octanol–water partition coefficient (Wildman–Crippen LogP) is 2.86. The first-order chi connectivity index (χ1) is 12.6. The van der Waals surface area contributed by atoms with Gasteiger partial charge in [-0.05, 0) is 25.1 Å². The van der Waals surface area contributed by atoms with Crippen molar-refractivity contribution in [3.05, 3.63) is 59.3 Å². The van der Waals surface area contributed by atoms with Crippen LogP contribution in [0.15, 0.2) is 36.5 Å². The second-order valence-corrected chi connectivity index (χ2v) is 6.10. The van der Waals surface area contributed by atoms with E-state index < -0.39 is 11.6 Å². The Labute approximate surface area is 151 Å². The lowest BCUT2D eigenvalue weighted by Crippen LogP contribution is -2.46. The van der Waals surface area contributed by atoms with Crippen molar-refractivity contribution in [2.75, 3.05) is 37.7 Å². The first-order valence-electron chi connectivity index (χ1n) is 8.62. The van der Waals surface area contributed by atoms with Gasteiger partial charge in [-0.15, -0.1) is 0 Å². The van der Waals surface area contributed by atoms with Crippen molar-refractivity contribution < 1.29 is 18.3 Å². The number of piperazine rings is 1. The van der Waals surface area contributed by atoms with Crippen LogP contribution in [0.1, 0.15) is 22.8 Å². The molecule has 0 unspecified atom stereocenters. The number of aromatic nitrogens is 1. The van der Waals surface area contributed by atoms with Gasteiger partial charge in [0, 0.05) is 44.5 Å². The van der Waals surface area contributed by atoms with Crippen molar-refractivity contribution in [3.63, 3.8) is 0 Å². The number of rotatable bonds is 5. The van der Waals surface area contributed by atoms with Crippen LogP contribution in [-0.4, -0.2) is 48.6 Å². The molecule has 0 saturated carbocycles. The molecule has 138 valence electrons. The lowest BCUT2D eigenvalue weighted by molar-refractivity contribution is 0.0526. The third-order valence-electron chi connectivity index (χ3n) is 4.38. The minimum absolute atomic E-state index is 0.328. The molecule has 1 aromatic carbocycles. The number of ether oxygens (including phenoxy) is 1. The molecule has 0 aliphatic carbocycles. The van der Waals surface area contributed by atoms with E-state index in [9.17, 15) is 13.6 Å². The van der Waals surface area contributed by atoms with Crippen molar-refractivity contribution >= 4 is 11.8 Å². The summed E-state index contributed by atoms with van der Waals surface area (Å²) in [6.45, 7) is 5.36. The number of benzene rings is 1. The summed E-state index contributed by atoms with van der Waals surface area (Å²) >= 11 is 0. The van der Waals surface area contributed by atoms with Crippen molar-refractivity contribution in [2.45, 2.75) is 13.5 Å². The van der Waals surface area contributed by atoms with E-state index in [1.165, 1.54) is 12.3 Å². The van der Waals surface area contributed by atoms with Crippen LogP contribution in [0, 0.1) is 11.6 Å². The van der Waals surface area contributed by atoms with Gasteiger partial charge in [0.25, 0.3) is 0 Å². The number of hydrogen-bond donors (Lipinski definition) is 0. The molecule has 0 spiro atoms. The number of esters is 1. The van der Waals surface area contributed by atoms with E-state index in [-0.39, 0.29) is 5.97 Å². The van der Waals surface area contributed by atoms with Gasteiger partial charge in [0.1, 0.15) is 5.82 Å². The summed E-state index contributed by atoms with van der Waals surface area (Å²) in [6, 6.07) is 7.77. The Morgan fingerprint density at radius 3 is 2.58 bits per heavy atom. The zero-order chi connectivity index (χ0) is 18.5. The lowest BCUT2D eigenvalue weighted by atomic mass is 10.1. The zero-order valence-electron chi connectivity index (χ0n) is 14.6. The molecule has 1 saturated heterocycles. The van der Waals surface area contributed by atoms with Crippen LogP contribution in [0.4, 0.5) is 14.6 Å². The topological polar surface area (TPSA) is 45.7 Å². The molecule has 2 heterocycles. The van der Waals surface area contributed by atoms with Crippen LogP contribution in [0.2, 0.25) is 0 Å². The molecule has 0 radical (unpaired) electrons. The maximum Gasteiger partial charge on any atom is 0.339 e. The minimum atomic E-state index is -0.813. The van der Waals surface area contributed by atoms with Crippen LogP contribution in [-0.2, 0) is 11.3 Å². The van der Waals surface area contributed by atoms with Crippen LogP contribution >= 0.6 is 0 Å². The van der Waals surface area contributed by atoms with Gasteiger partial charge in [0.05, 0.1) is 12.2 Å². The van der Waals surface area contributed by atoms with Gasteiger partial charge in [-0.2, -0.15) is 0 Å². The Morgan fingerprint density at radius 1 is 1.15 bits per heavy atom. The smallest absolute Gasteiger partial charge is 0.339 e. The van der Waals surface area contributed by atoms with E-state index >= 15 is 0 Å². The Kier molecular flexibility index (Phi) is 5.78. The van der Waals surface area contributed by atoms with Gasteiger partial charge < -0.3 is 9.64 Å². The van der Waals surface area contributed by atoms with E-state index in [0.29, 0.717) is 24.3 Å². The maximum atomic E-state index is 13.8. The normalized spacial score (nSPS) is 15.1. The highest BCUT2D eigenvalue weighted by molar-refractivity contribution is 5.89. The lowest BCUT2D eigenvalue weighted by Gasteiger charge is -2.35. The number of carbonyl (C=O) groups is 1. The Balaban J connectivity index is 1.56. The van der Waals surface area contributed by atoms with Gasteiger partial charge >= 0.3 is 5.97 Å². The second kappa shape index (κ2) is 8.23. The number of nitrogens with zero attached hydrogens (tertiary/aromatic N) is 3.